The lowest BCUT2D eigenvalue weighted by atomic mass is 10.3. The Balaban J connectivity index is 2.10. The maximum Gasteiger partial charge on any atom is 0.323 e. The fourth-order valence-electron chi connectivity index (χ4n) is 1.63. The molecule has 22 heavy (non-hydrogen) atoms. The van der Waals surface area contributed by atoms with Gasteiger partial charge in [0.15, 0.2) is 0 Å². The number of non-ortho nitro benzene ring substituents is 1. The van der Waals surface area contributed by atoms with Crippen LogP contribution in [0.5, 0.6) is 0 Å². The van der Waals surface area contributed by atoms with Gasteiger partial charge in [0.05, 0.1) is 15.6 Å². The molecule has 0 heterocycles. The van der Waals surface area contributed by atoms with E-state index in [1.54, 1.807) is 0 Å². The summed E-state index contributed by atoms with van der Waals surface area (Å²) in [6.07, 6.45) is 0. The Morgan fingerprint density at radius 1 is 1.00 bits per heavy atom. The van der Waals surface area contributed by atoms with E-state index < -0.39 is 11.0 Å². The standard InChI is InChI=1S/C13H8Cl3N3O3/c14-7-3-8(15)5-9(4-7)17-13(20)18-12-2-1-10(19(21)22)6-11(12)16/h1-6H,(H2,17,18,20). The van der Waals surface area contributed by atoms with E-state index in [1.165, 1.54) is 30.3 Å². The van der Waals surface area contributed by atoms with Gasteiger partial charge in [-0.05, 0) is 24.3 Å². The average molecular weight is 361 g/mol. The number of nitrogens with zero attached hydrogens (tertiary/aromatic N) is 1. The van der Waals surface area contributed by atoms with E-state index >= 15 is 0 Å². The summed E-state index contributed by atoms with van der Waals surface area (Å²) in [5, 5.41) is 16.4. The first-order valence-electron chi connectivity index (χ1n) is 5.83. The highest BCUT2D eigenvalue weighted by atomic mass is 35.5. The van der Waals surface area contributed by atoms with Crippen molar-refractivity contribution in [3.63, 3.8) is 0 Å². The second-order valence-corrected chi connectivity index (χ2v) is 5.44. The number of rotatable bonds is 3. The maximum atomic E-state index is 11.9. The largest absolute Gasteiger partial charge is 0.323 e. The van der Waals surface area contributed by atoms with E-state index in [0.717, 1.165) is 6.07 Å². The van der Waals surface area contributed by atoms with Crippen LogP contribution in [0.4, 0.5) is 21.9 Å². The van der Waals surface area contributed by atoms with Crippen molar-refractivity contribution >= 4 is 57.9 Å². The highest BCUT2D eigenvalue weighted by molar-refractivity contribution is 6.35. The van der Waals surface area contributed by atoms with Crippen molar-refractivity contribution < 1.29 is 9.72 Å². The first-order valence-corrected chi connectivity index (χ1v) is 6.96. The SMILES string of the molecule is O=C(Nc1cc(Cl)cc(Cl)c1)Nc1ccc([N+](=O)[O-])cc1Cl. The molecule has 0 unspecified atom stereocenters. The number of carbonyl (C=O) groups is 1. The molecule has 0 aromatic heterocycles. The number of urea groups is 1. The summed E-state index contributed by atoms with van der Waals surface area (Å²) >= 11 is 17.5. The summed E-state index contributed by atoms with van der Waals surface area (Å²) in [5.41, 5.74) is 0.462. The number of nitro benzene ring substituents is 1. The Morgan fingerprint density at radius 3 is 2.18 bits per heavy atom. The van der Waals surface area contributed by atoms with E-state index in [-0.39, 0.29) is 16.4 Å². The molecule has 2 amide bonds. The van der Waals surface area contributed by atoms with Crippen LogP contribution in [-0.2, 0) is 0 Å². The second-order valence-electron chi connectivity index (χ2n) is 4.16. The Bertz CT molecular complexity index is 732. The summed E-state index contributed by atoms with van der Waals surface area (Å²) in [5.74, 6) is 0. The van der Waals surface area contributed by atoms with E-state index in [9.17, 15) is 14.9 Å². The Kier molecular flexibility index (Phi) is 5.07. The Hall–Kier alpha value is -2.02. The van der Waals surface area contributed by atoms with Gasteiger partial charge in [0.25, 0.3) is 5.69 Å². The number of anilines is 2. The third-order valence-corrected chi connectivity index (χ3v) is 3.28. The van der Waals surface area contributed by atoms with Crippen molar-refractivity contribution in [3.05, 3.63) is 61.6 Å². The van der Waals surface area contributed by atoms with Crippen LogP contribution in [0.3, 0.4) is 0 Å². The molecule has 0 radical (unpaired) electrons. The van der Waals surface area contributed by atoms with Crippen molar-refractivity contribution in [1.82, 2.24) is 0 Å². The van der Waals surface area contributed by atoms with E-state index in [2.05, 4.69) is 10.6 Å². The fourth-order valence-corrected chi connectivity index (χ4v) is 2.38. The molecule has 0 fully saturated rings. The van der Waals surface area contributed by atoms with E-state index in [4.69, 9.17) is 34.8 Å². The highest BCUT2D eigenvalue weighted by Gasteiger charge is 2.12. The van der Waals surface area contributed by atoms with Crippen molar-refractivity contribution in [1.29, 1.82) is 0 Å². The summed E-state index contributed by atoms with van der Waals surface area (Å²) in [6, 6.07) is 7.69. The van der Waals surface area contributed by atoms with Crippen LogP contribution in [0, 0.1) is 10.1 Å². The normalized spacial score (nSPS) is 10.1. The molecule has 0 aliphatic carbocycles. The number of nitrogens with one attached hydrogen (secondary N) is 2. The number of hydrogen-bond donors (Lipinski definition) is 2. The van der Waals surface area contributed by atoms with Gasteiger partial charge >= 0.3 is 6.03 Å². The third-order valence-electron chi connectivity index (χ3n) is 2.53. The van der Waals surface area contributed by atoms with Crippen LogP contribution >= 0.6 is 34.8 Å². The molecule has 2 aromatic rings. The minimum absolute atomic E-state index is 0.0495. The quantitative estimate of drug-likeness (QED) is 0.583. The van der Waals surface area contributed by atoms with Gasteiger partial charge in [0.2, 0.25) is 0 Å². The molecule has 2 aromatic carbocycles. The molecule has 114 valence electrons. The van der Waals surface area contributed by atoms with Gasteiger partial charge in [-0.1, -0.05) is 34.8 Å². The number of nitro groups is 1. The van der Waals surface area contributed by atoms with Crippen LogP contribution in [0.2, 0.25) is 15.1 Å². The molecule has 2 N–H and O–H groups in total. The van der Waals surface area contributed by atoms with Crippen LogP contribution in [0.1, 0.15) is 0 Å². The zero-order chi connectivity index (χ0) is 16.3. The molecule has 0 atom stereocenters. The lowest BCUT2D eigenvalue weighted by Gasteiger charge is -2.09. The van der Waals surface area contributed by atoms with Gasteiger partial charge in [-0.15, -0.1) is 0 Å². The molecule has 0 spiro atoms. The first-order chi connectivity index (χ1) is 10.3. The van der Waals surface area contributed by atoms with Gasteiger partial charge in [0.1, 0.15) is 0 Å². The van der Waals surface area contributed by atoms with Crippen LogP contribution in [-0.4, -0.2) is 11.0 Å². The van der Waals surface area contributed by atoms with Gasteiger partial charge in [0, 0.05) is 27.9 Å². The number of halogens is 3. The summed E-state index contributed by atoms with van der Waals surface area (Å²) in [7, 11) is 0. The second kappa shape index (κ2) is 6.83. The Labute approximate surface area is 140 Å². The summed E-state index contributed by atoms with van der Waals surface area (Å²) in [6.45, 7) is 0. The molecule has 0 aliphatic heterocycles. The van der Waals surface area contributed by atoms with Crippen molar-refractivity contribution in [2.24, 2.45) is 0 Å². The molecule has 0 bridgehead atoms. The smallest absolute Gasteiger partial charge is 0.308 e. The lowest BCUT2D eigenvalue weighted by molar-refractivity contribution is -0.384. The molecular weight excluding hydrogens is 353 g/mol. The van der Waals surface area contributed by atoms with Crippen molar-refractivity contribution in [3.8, 4) is 0 Å². The minimum Gasteiger partial charge on any atom is -0.308 e. The number of benzene rings is 2. The highest BCUT2D eigenvalue weighted by Crippen LogP contribution is 2.27. The number of amides is 2. The predicted molar refractivity (Wildman–Crippen MR) is 87.2 cm³/mol. The lowest BCUT2D eigenvalue weighted by Crippen LogP contribution is -2.19. The number of hydrogen-bond acceptors (Lipinski definition) is 3. The van der Waals surface area contributed by atoms with Gasteiger partial charge < -0.3 is 10.6 Å². The van der Waals surface area contributed by atoms with Gasteiger partial charge in [-0.3, -0.25) is 10.1 Å². The predicted octanol–water partition coefficient (Wildman–Crippen LogP) is 5.20. The molecule has 2 rings (SSSR count). The van der Waals surface area contributed by atoms with E-state index in [1.807, 2.05) is 0 Å². The minimum atomic E-state index is -0.589. The molecular formula is C13H8Cl3N3O3. The average Bonchev–Trinajstić information content (AvgIpc) is 2.39. The zero-order valence-electron chi connectivity index (χ0n) is 10.8. The first kappa shape index (κ1) is 16.4. The monoisotopic (exact) mass is 359 g/mol. The summed E-state index contributed by atoms with van der Waals surface area (Å²) < 4.78 is 0. The maximum absolute atomic E-state index is 11.9. The Morgan fingerprint density at radius 2 is 1.64 bits per heavy atom. The van der Waals surface area contributed by atoms with Gasteiger partial charge in [-0.25, -0.2) is 4.79 Å². The number of carbonyl (C=O) groups excluding carboxylic acids is 1. The molecule has 0 aliphatic rings. The molecule has 0 saturated heterocycles. The van der Waals surface area contributed by atoms with Gasteiger partial charge in [-0.2, -0.15) is 0 Å². The van der Waals surface area contributed by atoms with Crippen molar-refractivity contribution in [2.45, 2.75) is 0 Å². The topological polar surface area (TPSA) is 84.3 Å². The zero-order valence-corrected chi connectivity index (χ0v) is 13.0. The molecule has 9 heteroatoms. The van der Waals surface area contributed by atoms with Crippen molar-refractivity contribution in [2.75, 3.05) is 10.6 Å². The molecule has 0 saturated carbocycles. The molecule has 6 nitrogen and oxygen atoms in total. The fraction of sp³-hybridized carbons (Fsp3) is 0. The van der Waals surface area contributed by atoms with E-state index in [0.29, 0.717) is 15.7 Å². The van der Waals surface area contributed by atoms with Crippen LogP contribution < -0.4 is 10.6 Å². The third kappa shape index (κ3) is 4.24. The van der Waals surface area contributed by atoms with Crippen LogP contribution in [0.25, 0.3) is 0 Å². The summed E-state index contributed by atoms with van der Waals surface area (Å²) in [4.78, 5) is 21.9. The van der Waals surface area contributed by atoms with Crippen LogP contribution in [0.15, 0.2) is 36.4 Å².